The zero-order valence-electron chi connectivity index (χ0n) is 9.97. The maximum absolute atomic E-state index is 5.68. The normalized spacial score (nSPS) is 10.2. The number of nitrogens with two attached hydrogens (primary N) is 1. The predicted molar refractivity (Wildman–Crippen MR) is 67.1 cm³/mol. The number of hydrogen-bond donors (Lipinski definition) is 1. The van der Waals surface area contributed by atoms with E-state index in [2.05, 4.69) is 9.97 Å². The molecule has 1 aromatic heterocycles. The molecule has 2 aromatic rings. The second kappa shape index (κ2) is 4.82. The lowest BCUT2D eigenvalue weighted by Crippen LogP contribution is -2.00. The highest BCUT2D eigenvalue weighted by Crippen LogP contribution is 2.21. The maximum Gasteiger partial charge on any atom is 0.224 e. The first-order valence-corrected chi connectivity index (χ1v) is 5.55. The van der Waals surface area contributed by atoms with Crippen molar-refractivity contribution in [2.45, 2.75) is 20.3 Å². The molecule has 0 aliphatic heterocycles. The summed E-state index contributed by atoms with van der Waals surface area (Å²) in [4.78, 5) is 8.35. The van der Waals surface area contributed by atoms with Crippen LogP contribution in [0.2, 0.25) is 0 Å². The van der Waals surface area contributed by atoms with E-state index < -0.39 is 0 Å². The average molecular weight is 229 g/mol. The quantitative estimate of drug-likeness (QED) is 0.879. The molecule has 0 spiro atoms. The molecule has 0 saturated carbocycles. The van der Waals surface area contributed by atoms with Gasteiger partial charge in [0.05, 0.1) is 0 Å². The second-order valence-corrected chi connectivity index (χ2v) is 3.82. The molecule has 0 unspecified atom stereocenters. The van der Waals surface area contributed by atoms with E-state index in [0.29, 0.717) is 17.5 Å². The fourth-order valence-electron chi connectivity index (χ4n) is 1.43. The number of rotatable bonds is 3. The Hall–Kier alpha value is -2.10. The highest BCUT2D eigenvalue weighted by atomic mass is 16.5. The van der Waals surface area contributed by atoms with Crippen molar-refractivity contribution in [3.8, 4) is 11.6 Å². The molecule has 1 aromatic carbocycles. The Bertz CT molecular complexity index is 509. The van der Waals surface area contributed by atoms with E-state index in [9.17, 15) is 0 Å². The Morgan fingerprint density at radius 2 is 1.88 bits per heavy atom. The number of ether oxygens (including phenoxy) is 1. The van der Waals surface area contributed by atoms with Gasteiger partial charge in [-0.05, 0) is 19.1 Å². The Kier molecular flexibility index (Phi) is 3.23. The van der Waals surface area contributed by atoms with Crippen LogP contribution in [0.1, 0.15) is 18.3 Å². The van der Waals surface area contributed by atoms with E-state index in [1.54, 1.807) is 6.07 Å². The first-order valence-electron chi connectivity index (χ1n) is 5.55. The number of nitrogen functional groups attached to an aromatic ring is 1. The van der Waals surface area contributed by atoms with Crippen molar-refractivity contribution < 1.29 is 4.74 Å². The molecule has 0 atom stereocenters. The third-order valence-corrected chi connectivity index (χ3v) is 2.33. The van der Waals surface area contributed by atoms with Gasteiger partial charge >= 0.3 is 0 Å². The summed E-state index contributed by atoms with van der Waals surface area (Å²) in [6.45, 7) is 4.01. The molecule has 2 rings (SSSR count). The molecule has 17 heavy (non-hydrogen) atoms. The van der Waals surface area contributed by atoms with Crippen LogP contribution in [0.15, 0.2) is 30.3 Å². The molecule has 4 nitrogen and oxygen atoms in total. The fourth-order valence-corrected chi connectivity index (χ4v) is 1.43. The van der Waals surface area contributed by atoms with Crippen molar-refractivity contribution in [1.82, 2.24) is 9.97 Å². The first kappa shape index (κ1) is 11.4. The van der Waals surface area contributed by atoms with Crippen LogP contribution in [-0.4, -0.2) is 9.97 Å². The zero-order chi connectivity index (χ0) is 12.3. The molecule has 2 N–H and O–H groups in total. The fraction of sp³-hybridized carbons (Fsp3) is 0.231. The number of aromatic nitrogens is 2. The summed E-state index contributed by atoms with van der Waals surface area (Å²) in [6, 6.07) is 9.40. The SMILES string of the molecule is CCc1nc(N)cc(Oc2ccc(C)cc2)n1. The molecule has 0 bridgehead atoms. The minimum atomic E-state index is 0.430. The molecular formula is C13H15N3O. The lowest BCUT2D eigenvalue weighted by Gasteiger charge is -2.06. The summed E-state index contributed by atoms with van der Waals surface area (Å²) >= 11 is 0. The predicted octanol–water partition coefficient (Wildman–Crippen LogP) is 2.72. The van der Waals surface area contributed by atoms with Crippen molar-refractivity contribution >= 4 is 5.82 Å². The van der Waals surface area contributed by atoms with Gasteiger partial charge in [0.2, 0.25) is 5.88 Å². The second-order valence-electron chi connectivity index (χ2n) is 3.82. The Morgan fingerprint density at radius 3 is 2.53 bits per heavy atom. The van der Waals surface area contributed by atoms with Crippen molar-refractivity contribution in [3.05, 3.63) is 41.7 Å². The van der Waals surface area contributed by atoms with Gasteiger partial charge in [0.15, 0.2) is 0 Å². The van der Waals surface area contributed by atoms with E-state index in [1.165, 1.54) is 5.56 Å². The minimum absolute atomic E-state index is 0.430. The Balaban J connectivity index is 2.23. The van der Waals surface area contributed by atoms with Crippen molar-refractivity contribution in [2.75, 3.05) is 5.73 Å². The maximum atomic E-state index is 5.68. The molecule has 0 aliphatic carbocycles. The number of anilines is 1. The van der Waals surface area contributed by atoms with Gasteiger partial charge < -0.3 is 10.5 Å². The van der Waals surface area contributed by atoms with E-state index in [1.807, 2.05) is 38.1 Å². The smallest absolute Gasteiger partial charge is 0.224 e. The van der Waals surface area contributed by atoms with Crippen LogP contribution in [0, 0.1) is 6.92 Å². The van der Waals surface area contributed by atoms with Crippen molar-refractivity contribution in [3.63, 3.8) is 0 Å². The number of aryl methyl sites for hydroxylation is 2. The summed E-state index contributed by atoms with van der Waals surface area (Å²) < 4.78 is 5.63. The van der Waals surface area contributed by atoms with Crippen LogP contribution < -0.4 is 10.5 Å². The highest BCUT2D eigenvalue weighted by Gasteiger charge is 2.03. The van der Waals surface area contributed by atoms with Gasteiger partial charge in [-0.1, -0.05) is 24.6 Å². The standard InChI is InChI=1S/C13H15N3O/c1-3-12-15-11(14)8-13(16-12)17-10-6-4-9(2)5-7-10/h4-8H,3H2,1-2H3,(H2,14,15,16). The third-order valence-electron chi connectivity index (χ3n) is 2.33. The molecule has 0 fully saturated rings. The van der Waals surface area contributed by atoms with Crippen LogP contribution >= 0.6 is 0 Å². The Labute approximate surface area is 100 Å². The van der Waals surface area contributed by atoms with Crippen molar-refractivity contribution in [1.29, 1.82) is 0 Å². The van der Waals surface area contributed by atoms with Gasteiger partial charge in [0.25, 0.3) is 0 Å². The topological polar surface area (TPSA) is 61.0 Å². The van der Waals surface area contributed by atoms with E-state index in [0.717, 1.165) is 12.2 Å². The molecule has 4 heteroatoms. The van der Waals surface area contributed by atoms with Crippen LogP contribution in [0.25, 0.3) is 0 Å². The molecule has 1 heterocycles. The van der Waals surface area contributed by atoms with E-state index >= 15 is 0 Å². The summed E-state index contributed by atoms with van der Waals surface area (Å²) in [6.07, 6.45) is 0.731. The van der Waals surface area contributed by atoms with E-state index in [4.69, 9.17) is 10.5 Å². The first-order chi connectivity index (χ1) is 8.17. The van der Waals surface area contributed by atoms with Crippen LogP contribution in [0.5, 0.6) is 11.6 Å². The van der Waals surface area contributed by atoms with Gasteiger partial charge in [-0.2, -0.15) is 4.98 Å². The monoisotopic (exact) mass is 229 g/mol. The Morgan fingerprint density at radius 1 is 1.18 bits per heavy atom. The summed E-state index contributed by atoms with van der Waals surface area (Å²) in [5, 5.41) is 0. The van der Waals surface area contributed by atoms with Crippen LogP contribution in [-0.2, 0) is 6.42 Å². The van der Waals surface area contributed by atoms with Crippen LogP contribution in [0.3, 0.4) is 0 Å². The summed E-state index contributed by atoms with van der Waals surface area (Å²) in [7, 11) is 0. The van der Waals surface area contributed by atoms with Gasteiger partial charge in [-0.25, -0.2) is 4.98 Å². The largest absolute Gasteiger partial charge is 0.439 e. The molecule has 0 radical (unpaired) electrons. The zero-order valence-corrected chi connectivity index (χ0v) is 9.97. The van der Waals surface area contributed by atoms with Gasteiger partial charge in [-0.15, -0.1) is 0 Å². The lowest BCUT2D eigenvalue weighted by molar-refractivity contribution is 0.459. The highest BCUT2D eigenvalue weighted by molar-refractivity contribution is 5.36. The molecule has 0 saturated heterocycles. The average Bonchev–Trinajstić information content (AvgIpc) is 2.31. The number of benzene rings is 1. The van der Waals surface area contributed by atoms with Gasteiger partial charge in [-0.3, -0.25) is 0 Å². The molecule has 0 amide bonds. The van der Waals surface area contributed by atoms with Gasteiger partial charge in [0.1, 0.15) is 17.4 Å². The van der Waals surface area contributed by atoms with Crippen LogP contribution in [0.4, 0.5) is 5.82 Å². The third kappa shape index (κ3) is 2.93. The number of hydrogen-bond acceptors (Lipinski definition) is 4. The summed E-state index contributed by atoms with van der Waals surface area (Å²) in [5.41, 5.74) is 6.87. The number of nitrogens with zero attached hydrogens (tertiary/aromatic N) is 2. The molecular weight excluding hydrogens is 214 g/mol. The molecule has 88 valence electrons. The van der Waals surface area contributed by atoms with Gasteiger partial charge in [0, 0.05) is 12.5 Å². The van der Waals surface area contributed by atoms with Crippen molar-refractivity contribution in [2.24, 2.45) is 0 Å². The summed E-state index contributed by atoms with van der Waals surface area (Å²) in [5.74, 6) is 2.35. The lowest BCUT2D eigenvalue weighted by atomic mass is 10.2. The van der Waals surface area contributed by atoms with E-state index in [-0.39, 0.29) is 0 Å². The molecule has 0 aliphatic rings. The minimum Gasteiger partial charge on any atom is -0.439 e.